The lowest BCUT2D eigenvalue weighted by atomic mass is 10.0. The van der Waals surface area contributed by atoms with Crippen molar-refractivity contribution in [2.45, 2.75) is 58.0 Å². The Bertz CT molecular complexity index is 289. The molecule has 5 heteroatoms. The van der Waals surface area contributed by atoms with Crippen LogP contribution < -0.4 is 10.6 Å². The summed E-state index contributed by atoms with van der Waals surface area (Å²) < 4.78 is 4.80. The van der Waals surface area contributed by atoms with Crippen molar-refractivity contribution >= 4 is 23.3 Å². The zero-order chi connectivity index (χ0) is 13.5. The number of hydrogen-bond donors (Lipinski definition) is 2. The van der Waals surface area contributed by atoms with Gasteiger partial charge in [-0.1, -0.05) is 26.7 Å². The smallest absolute Gasteiger partial charge is 0.328 e. The van der Waals surface area contributed by atoms with Crippen LogP contribution in [0.5, 0.6) is 0 Å². The third-order valence-electron chi connectivity index (χ3n) is 3.19. The fourth-order valence-corrected chi connectivity index (χ4v) is 2.59. The number of carbonyl (C=O) groups excluding carboxylic acids is 1. The number of methoxy groups -OCH3 is 1. The van der Waals surface area contributed by atoms with Gasteiger partial charge < -0.3 is 15.4 Å². The van der Waals surface area contributed by atoms with Gasteiger partial charge in [0.2, 0.25) is 0 Å². The van der Waals surface area contributed by atoms with Gasteiger partial charge in [-0.05, 0) is 37.4 Å². The van der Waals surface area contributed by atoms with Crippen LogP contribution in [0, 0.1) is 5.92 Å². The molecule has 1 saturated carbocycles. The van der Waals surface area contributed by atoms with Gasteiger partial charge in [0.15, 0.2) is 5.11 Å². The summed E-state index contributed by atoms with van der Waals surface area (Å²) in [5.74, 6) is 0.162. The van der Waals surface area contributed by atoms with E-state index in [1.807, 2.05) is 0 Å². The largest absolute Gasteiger partial charge is 0.467 e. The molecule has 0 heterocycles. The number of thiocarbonyl (C=S) groups is 1. The lowest BCUT2D eigenvalue weighted by Gasteiger charge is -2.22. The molecule has 4 nitrogen and oxygen atoms in total. The highest BCUT2D eigenvalue weighted by Crippen LogP contribution is 2.17. The Morgan fingerprint density at radius 3 is 2.50 bits per heavy atom. The summed E-state index contributed by atoms with van der Waals surface area (Å²) in [5.41, 5.74) is 0. The molecule has 0 amide bonds. The number of hydrogen-bond acceptors (Lipinski definition) is 3. The fraction of sp³-hybridized carbons (Fsp3) is 0.846. The highest BCUT2D eigenvalue weighted by atomic mass is 32.1. The molecule has 1 aliphatic carbocycles. The quantitative estimate of drug-likeness (QED) is 0.592. The topological polar surface area (TPSA) is 50.4 Å². The molecule has 0 saturated heterocycles. The van der Waals surface area contributed by atoms with Crippen molar-refractivity contribution in [1.29, 1.82) is 0 Å². The Hall–Kier alpha value is -0.840. The Morgan fingerprint density at radius 2 is 2.00 bits per heavy atom. The molecule has 1 unspecified atom stereocenters. The lowest BCUT2D eigenvalue weighted by Crippen LogP contribution is -2.49. The molecule has 0 aromatic carbocycles. The monoisotopic (exact) mass is 272 g/mol. The van der Waals surface area contributed by atoms with Gasteiger partial charge in [0, 0.05) is 6.04 Å². The summed E-state index contributed by atoms with van der Waals surface area (Å²) in [4.78, 5) is 11.6. The maximum atomic E-state index is 11.6. The first-order valence-electron chi connectivity index (χ1n) is 6.67. The molecule has 1 aliphatic rings. The van der Waals surface area contributed by atoms with E-state index < -0.39 is 0 Å². The van der Waals surface area contributed by atoms with Crippen molar-refractivity contribution in [1.82, 2.24) is 10.6 Å². The van der Waals surface area contributed by atoms with Crippen molar-refractivity contribution < 1.29 is 9.53 Å². The number of nitrogens with one attached hydrogen (secondary N) is 2. The number of rotatable bonds is 5. The summed E-state index contributed by atoms with van der Waals surface area (Å²) in [6, 6.07) is 0.110. The van der Waals surface area contributed by atoms with E-state index in [2.05, 4.69) is 24.5 Å². The summed E-state index contributed by atoms with van der Waals surface area (Å²) in [5, 5.41) is 6.91. The molecule has 0 aromatic heterocycles. The van der Waals surface area contributed by atoms with E-state index in [1.54, 1.807) is 0 Å². The first-order valence-corrected chi connectivity index (χ1v) is 7.08. The first kappa shape index (κ1) is 15.2. The maximum Gasteiger partial charge on any atom is 0.328 e. The second-order valence-electron chi connectivity index (χ2n) is 5.30. The molecular formula is C13H24N2O2S. The molecule has 0 spiro atoms. The molecule has 104 valence electrons. The second-order valence-corrected chi connectivity index (χ2v) is 5.71. The van der Waals surface area contributed by atoms with Gasteiger partial charge in [0.1, 0.15) is 6.04 Å². The van der Waals surface area contributed by atoms with Crippen LogP contribution in [0.4, 0.5) is 0 Å². The average Bonchev–Trinajstić information content (AvgIpc) is 2.79. The third-order valence-corrected chi connectivity index (χ3v) is 3.42. The Morgan fingerprint density at radius 1 is 1.39 bits per heavy atom. The Balaban J connectivity index is 2.42. The first-order chi connectivity index (χ1) is 8.52. The van der Waals surface area contributed by atoms with Gasteiger partial charge >= 0.3 is 5.97 Å². The molecule has 0 radical (unpaired) electrons. The molecule has 0 bridgehead atoms. The van der Waals surface area contributed by atoms with E-state index in [0.29, 0.717) is 17.1 Å². The zero-order valence-corrected chi connectivity index (χ0v) is 12.3. The molecule has 18 heavy (non-hydrogen) atoms. The van der Waals surface area contributed by atoms with Crippen molar-refractivity contribution in [3.05, 3.63) is 0 Å². The number of ether oxygens (including phenoxy) is 1. The van der Waals surface area contributed by atoms with E-state index in [9.17, 15) is 4.79 Å². The van der Waals surface area contributed by atoms with Gasteiger partial charge in [-0.25, -0.2) is 4.79 Å². The standard InChI is InChI=1S/C13H24N2O2S/c1-9(2)8-11(12(16)17-3)15-13(18)14-10-6-4-5-7-10/h9-11H,4-8H2,1-3H3,(H2,14,15,18). The van der Waals surface area contributed by atoms with Gasteiger partial charge in [-0.2, -0.15) is 0 Å². The fourth-order valence-electron chi connectivity index (χ4n) is 2.28. The van der Waals surface area contributed by atoms with Gasteiger partial charge in [0.25, 0.3) is 0 Å². The van der Waals surface area contributed by atoms with E-state index in [-0.39, 0.29) is 12.0 Å². The minimum Gasteiger partial charge on any atom is -0.467 e. The Labute approximate surface area is 115 Å². The predicted octanol–water partition coefficient (Wildman–Crippen LogP) is 1.98. The molecule has 2 N–H and O–H groups in total. The van der Waals surface area contributed by atoms with Crippen LogP contribution in [0.25, 0.3) is 0 Å². The second kappa shape index (κ2) is 7.56. The summed E-state index contributed by atoms with van der Waals surface area (Å²) >= 11 is 5.26. The van der Waals surface area contributed by atoms with Crippen LogP contribution >= 0.6 is 12.2 Å². The maximum absolute atomic E-state index is 11.6. The lowest BCUT2D eigenvalue weighted by molar-refractivity contribution is -0.143. The summed E-state index contributed by atoms with van der Waals surface area (Å²) in [6.45, 7) is 4.15. The van der Waals surface area contributed by atoms with Gasteiger partial charge in [-0.15, -0.1) is 0 Å². The van der Waals surface area contributed by atoms with Crippen LogP contribution in [0.2, 0.25) is 0 Å². The highest BCUT2D eigenvalue weighted by Gasteiger charge is 2.22. The molecule has 0 aromatic rings. The summed E-state index contributed by atoms with van der Waals surface area (Å²) in [7, 11) is 1.41. The molecule has 1 atom stereocenters. The van der Waals surface area contributed by atoms with Crippen molar-refractivity contribution in [3.63, 3.8) is 0 Å². The van der Waals surface area contributed by atoms with Gasteiger partial charge in [-0.3, -0.25) is 0 Å². The minimum absolute atomic E-state index is 0.251. The van der Waals surface area contributed by atoms with Crippen molar-refractivity contribution in [3.8, 4) is 0 Å². The average molecular weight is 272 g/mol. The van der Waals surface area contributed by atoms with Crippen LogP contribution in [0.3, 0.4) is 0 Å². The summed E-state index contributed by atoms with van der Waals surface area (Å²) in [6.07, 6.45) is 5.56. The molecule has 0 aliphatic heterocycles. The SMILES string of the molecule is COC(=O)C(CC(C)C)NC(=S)NC1CCCC1. The van der Waals surface area contributed by atoms with Crippen molar-refractivity contribution in [2.75, 3.05) is 7.11 Å². The Kier molecular flexibility index (Phi) is 6.39. The number of esters is 1. The van der Waals surface area contributed by atoms with Crippen molar-refractivity contribution in [2.24, 2.45) is 5.92 Å². The van der Waals surface area contributed by atoms with E-state index in [4.69, 9.17) is 17.0 Å². The van der Waals surface area contributed by atoms with Crippen LogP contribution in [0.1, 0.15) is 46.0 Å². The minimum atomic E-state index is -0.351. The molecule has 1 rings (SSSR count). The van der Waals surface area contributed by atoms with Crippen LogP contribution in [-0.4, -0.2) is 30.3 Å². The zero-order valence-electron chi connectivity index (χ0n) is 11.5. The number of carbonyl (C=O) groups is 1. The molecule has 1 fully saturated rings. The third kappa shape index (κ3) is 5.21. The van der Waals surface area contributed by atoms with Crippen LogP contribution in [-0.2, 0) is 9.53 Å². The highest BCUT2D eigenvalue weighted by molar-refractivity contribution is 7.80. The van der Waals surface area contributed by atoms with E-state index >= 15 is 0 Å². The predicted molar refractivity (Wildman–Crippen MR) is 76.4 cm³/mol. The van der Waals surface area contributed by atoms with E-state index in [0.717, 1.165) is 19.3 Å². The van der Waals surface area contributed by atoms with Gasteiger partial charge in [0.05, 0.1) is 7.11 Å². The normalized spacial score (nSPS) is 17.6. The molecular weight excluding hydrogens is 248 g/mol. The van der Waals surface area contributed by atoms with Crippen LogP contribution in [0.15, 0.2) is 0 Å². The van der Waals surface area contributed by atoms with E-state index in [1.165, 1.54) is 20.0 Å².